The molecule has 1 aromatic carbocycles. The molecule has 0 heterocycles. The van der Waals surface area contributed by atoms with Crippen LogP contribution in [0, 0.1) is 27.4 Å². The van der Waals surface area contributed by atoms with Gasteiger partial charge in [0.2, 0.25) is 5.91 Å². The molecular formula is C16H19N3O3. The number of nitriles is 1. The molecule has 0 spiro atoms. The maximum absolute atomic E-state index is 12.1. The maximum Gasteiger partial charge on any atom is 0.269 e. The number of rotatable bonds is 5. The van der Waals surface area contributed by atoms with E-state index in [1.54, 1.807) is 12.1 Å². The predicted molar refractivity (Wildman–Crippen MR) is 80.9 cm³/mol. The molecule has 1 aromatic rings. The fourth-order valence-corrected chi connectivity index (χ4v) is 2.91. The van der Waals surface area contributed by atoms with Crippen LogP contribution in [0.5, 0.6) is 0 Å². The van der Waals surface area contributed by atoms with Crippen molar-refractivity contribution in [1.29, 1.82) is 5.26 Å². The van der Waals surface area contributed by atoms with Gasteiger partial charge in [-0.2, -0.15) is 5.26 Å². The second kappa shape index (κ2) is 7.55. The second-order valence-corrected chi connectivity index (χ2v) is 5.68. The molecule has 1 unspecified atom stereocenters. The van der Waals surface area contributed by atoms with Crippen LogP contribution in [-0.2, 0) is 11.2 Å². The van der Waals surface area contributed by atoms with Crippen molar-refractivity contribution in [2.45, 2.75) is 44.6 Å². The minimum Gasteiger partial charge on any atom is -0.340 e. The monoisotopic (exact) mass is 301 g/mol. The number of non-ortho nitro benzene ring substituents is 1. The van der Waals surface area contributed by atoms with Crippen LogP contribution in [-0.4, -0.2) is 16.9 Å². The molecule has 1 amide bonds. The molecule has 0 bridgehead atoms. The van der Waals surface area contributed by atoms with Crippen LogP contribution in [0.1, 0.15) is 37.7 Å². The Bertz CT molecular complexity index is 589. The fraction of sp³-hybridized carbons (Fsp3) is 0.500. The number of nitro benzene ring substituents is 1. The predicted octanol–water partition coefficient (Wildman–Crippen LogP) is 2.73. The lowest BCUT2D eigenvalue weighted by molar-refractivity contribution is -0.384. The smallest absolute Gasteiger partial charge is 0.269 e. The van der Waals surface area contributed by atoms with E-state index in [0.717, 1.165) is 25.7 Å². The Morgan fingerprint density at radius 3 is 2.77 bits per heavy atom. The van der Waals surface area contributed by atoms with Crippen molar-refractivity contribution >= 4 is 11.6 Å². The quantitative estimate of drug-likeness (QED) is 0.668. The number of hydrogen-bond donors (Lipinski definition) is 1. The van der Waals surface area contributed by atoms with Gasteiger partial charge >= 0.3 is 0 Å². The van der Waals surface area contributed by atoms with Gasteiger partial charge in [-0.25, -0.2) is 0 Å². The molecule has 0 aliphatic heterocycles. The molecule has 1 atom stereocenters. The molecule has 22 heavy (non-hydrogen) atoms. The molecule has 6 heteroatoms. The van der Waals surface area contributed by atoms with Gasteiger partial charge in [0.05, 0.1) is 17.4 Å². The average Bonchev–Trinajstić information content (AvgIpc) is 2.53. The second-order valence-electron chi connectivity index (χ2n) is 5.68. The van der Waals surface area contributed by atoms with Gasteiger partial charge in [0.15, 0.2) is 0 Å². The zero-order chi connectivity index (χ0) is 15.9. The standard InChI is InChI=1S/C16H19N3O3/c17-11-15(13-6-2-1-3-7-13)18-16(20)10-12-5-4-8-14(9-12)19(21)22/h4-5,8-9,13,15H,1-3,6-7,10H2,(H,18,20). The number of nitrogens with one attached hydrogen (secondary N) is 1. The number of carbonyl (C=O) groups is 1. The van der Waals surface area contributed by atoms with E-state index in [0.29, 0.717) is 5.56 Å². The third-order valence-electron chi connectivity index (χ3n) is 4.06. The number of nitro groups is 1. The highest BCUT2D eigenvalue weighted by Crippen LogP contribution is 2.26. The lowest BCUT2D eigenvalue weighted by Crippen LogP contribution is -2.40. The first-order valence-electron chi connectivity index (χ1n) is 7.52. The van der Waals surface area contributed by atoms with Crippen molar-refractivity contribution in [3.63, 3.8) is 0 Å². The van der Waals surface area contributed by atoms with E-state index in [4.69, 9.17) is 0 Å². The highest BCUT2D eigenvalue weighted by molar-refractivity contribution is 5.79. The highest BCUT2D eigenvalue weighted by atomic mass is 16.6. The summed E-state index contributed by atoms with van der Waals surface area (Å²) in [5, 5.41) is 22.8. The SMILES string of the molecule is N#CC(NC(=O)Cc1cccc([N+](=O)[O-])c1)C1CCCCC1. The third kappa shape index (κ3) is 4.29. The summed E-state index contributed by atoms with van der Waals surface area (Å²) in [5.74, 6) is -0.0505. The number of hydrogen-bond acceptors (Lipinski definition) is 4. The van der Waals surface area contributed by atoms with E-state index in [1.165, 1.54) is 18.6 Å². The maximum atomic E-state index is 12.1. The van der Waals surface area contributed by atoms with Crippen LogP contribution in [0.15, 0.2) is 24.3 Å². The summed E-state index contributed by atoms with van der Waals surface area (Å²) in [6.07, 6.45) is 5.38. The first-order chi connectivity index (χ1) is 10.6. The average molecular weight is 301 g/mol. The van der Waals surface area contributed by atoms with Crippen LogP contribution < -0.4 is 5.32 Å². The van der Waals surface area contributed by atoms with Gasteiger partial charge in [-0.1, -0.05) is 31.4 Å². The summed E-state index contributed by atoms with van der Waals surface area (Å²) in [4.78, 5) is 22.3. The normalized spacial score (nSPS) is 16.5. The molecule has 0 aromatic heterocycles. The molecule has 1 aliphatic rings. The fourth-order valence-electron chi connectivity index (χ4n) is 2.91. The molecule has 2 rings (SSSR count). The summed E-state index contributed by atoms with van der Waals surface area (Å²) in [7, 11) is 0. The molecule has 0 radical (unpaired) electrons. The van der Waals surface area contributed by atoms with Crippen LogP contribution in [0.2, 0.25) is 0 Å². The number of amides is 1. The van der Waals surface area contributed by atoms with E-state index >= 15 is 0 Å². The van der Waals surface area contributed by atoms with Gasteiger partial charge in [-0.15, -0.1) is 0 Å². The lowest BCUT2D eigenvalue weighted by Gasteiger charge is -2.26. The van der Waals surface area contributed by atoms with Crippen LogP contribution in [0.3, 0.4) is 0 Å². The van der Waals surface area contributed by atoms with Crippen LogP contribution in [0.25, 0.3) is 0 Å². The molecule has 116 valence electrons. The number of benzene rings is 1. The molecular weight excluding hydrogens is 282 g/mol. The van der Waals surface area contributed by atoms with Crippen molar-refractivity contribution in [3.05, 3.63) is 39.9 Å². The molecule has 1 aliphatic carbocycles. The summed E-state index contributed by atoms with van der Waals surface area (Å²) in [6.45, 7) is 0. The van der Waals surface area contributed by atoms with Gasteiger partial charge in [0, 0.05) is 12.1 Å². The summed E-state index contributed by atoms with van der Waals surface area (Å²) in [6, 6.07) is 7.73. The Morgan fingerprint density at radius 2 is 2.14 bits per heavy atom. The van der Waals surface area contributed by atoms with E-state index in [2.05, 4.69) is 11.4 Å². The largest absolute Gasteiger partial charge is 0.340 e. The first-order valence-corrected chi connectivity index (χ1v) is 7.52. The Kier molecular flexibility index (Phi) is 5.48. The molecule has 6 nitrogen and oxygen atoms in total. The van der Waals surface area contributed by atoms with Crippen LogP contribution in [0.4, 0.5) is 5.69 Å². The van der Waals surface area contributed by atoms with Gasteiger partial charge in [-0.05, 0) is 24.3 Å². The van der Waals surface area contributed by atoms with E-state index < -0.39 is 11.0 Å². The Morgan fingerprint density at radius 1 is 1.41 bits per heavy atom. The molecule has 1 saturated carbocycles. The van der Waals surface area contributed by atoms with E-state index in [1.807, 2.05) is 0 Å². The minimum absolute atomic E-state index is 0.0330. The van der Waals surface area contributed by atoms with E-state index in [9.17, 15) is 20.2 Å². The zero-order valence-electron chi connectivity index (χ0n) is 12.3. The molecule has 0 saturated heterocycles. The number of nitrogens with zero attached hydrogens (tertiary/aromatic N) is 2. The number of carbonyl (C=O) groups excluding carboxylic acids is 1. The Labute approximate surface area is 129 Å². The van der Waals surface area contributed by atoms with Gasteiger partial charge in [0.25, 0.3) is 5.69 Å². The van der Waals surface area contributed by atoms with Crippen molar-refractivity contribution in [1.82, 2.24) is 5.32 Å². The summed E-state index contributed by atoms with van der Waals surface area (Å²) >= 11 is 0. The Balaban J connectivity index is 1.95. The van der Waals surface area contributed by atoms with Crippen LogP contribution >= 0.6 is 0 Å². The van der Waals surface area contributed by atoms with Crippen molar-refractivity contribution in [3.8, 4) is 6.07 Å². The van der Waals surface area contributed by atoms with Gasteiger partial charge in [0.1, 0.15) is 6.04 Å². The van der Waals surface area contributed by atoms with E-state index in [-0.39, 0.29) is 23.9 Å². The van der Waals surface area contributed by atoms with Gasteiger partial charge in [-0.3, -0.25) is 14.9 Å². The van der Waals surface area contributed by atoms with Crippen molar-refractivity contribution in [2.75, 3.05) is 0 Å². The van der Waals surface area contributed by atoms with Crippen molar-refractivity contribution in [2.24, 2.45) is 5.92 Å². The first kappa shape index (κ1) is 16.0. The third-order valence-corrected chi connectivity index (χ3v) is 4.06. The topological polar surface area (TPSA) is 96.0 Å². The highest BCUT2D eigenvalue weighted by Gasteiger charge is 2.24. The van der Waals surface area contributed by atoms with Gasteiger partial charge < -0.3 is 5.32 Å². The Hall–Kier alpha value is -2.42. The minimum atomic E-state index is -0.485. The van der Waals surface area contributed by atoms with Crippen molar-refractivity contribution < 1.29 is 9.72 Å². The lowest BCUT2D eigenvalue weighted by atomic mass is 9.84. The zero-order valence-corrected chi connectivity index (χ0v) is 12.3. The molecule has 1 N–H and O–H groups in total. The molecule has 1 fully saturated rings. The summed E-state index contributed by atoms with van der Waals surface area (Å²) < 4.78 is 0. The summed E-state index contributed by atoms with van der Waals surface area (Å²) in [5.41, 5.74) is 0.543.